The Hall–Kier alpha value is 0.202. The second-order valence-corrected chi connectivity index (χ2v) is 1.45. The van der Waals surface area contributed by atoms with Crippen LogP contribution in [0.15, 0.2) is 0 Å². The minimum absolute atomic E-state index is 0.343. The summed E-state index contributed by atoms with van der Waals surface area (Å²) in [6.45, 7) is 1.84. The van der Waals surface area contributed by atoms with Crippen molar-refractivity contribution in [2.45, 2.75) is 6.92 Å². The van der Waals surface area contributed by atoms with Crippen LogP contribution in [0, 0.1) is 0 Å². The molecule has 0 radical (unpaired) electrons. The standard InChI is InChI=1S/C2H4.Al.H2O/c1-2;;/h1H,2H3;;1H2/q;+1;/p-1. The Morgan fingerprint density at radius 1 is 2.00 bits per heavy atom. The molecule has 22 valence electrons. The second-order valence-electron chi connectivity index (χ2n) is 0.482. The van der Waals surface area contributed by atoms with E-state index in [4.69, 9.17) is 4.16 Å². The molecular weight excluding hydrogens is 67.0 g/mol. The first-order chi connectivity index (χ1) is 1.91. The fourth-order valence-corrected chi connectivity index (χ4v) is 0. The van der Waals surface area contributed by atoms with Gasteiger partial charge in [-0.05, 0) is 0 Å². The van der Waals surface area contributed by atoms with E-state index < -0.39 is 0 Å². The average molecular weight is 72.0 g/mol. The Balaban J connectivity index is 2.55. The molecule has 2 heteroatoms. The monoisotopic (exact) mass is 72.0 g/mol. The van der Waals surface area contributed by atoms with Gasteiger partial charge in [-0.25, -0.2) is 0 Å². The van der Waals surface area contributed by atoms with Crippen molar-refractivity contribution >= 4 is 20.0 Å². The molecule has 0 aliphatic carbocycles. The zero-order valence-electron chi connectivity index (χ0n) is 2.60. The van der Waals surface area contributed by atoms with Crippen molar-refractivity contribution in [2.75, 3.05) is 0 Å². The molecule has 1 nitrogen and oxygen atoms in total. The maximum absolute atomic E-state index is 7.90. The molecular formula is C2H5AlO. The Kier molecular flexibility index (Phi) is 3.36. The van der Waals surface area contributed by atoms with E-state index in [9.17, 15) is 0 Å². The molecule has 0 amide bonds. The van der Waals surface area contributed by atoms with E-state index in [1.54, 1.807) is 4.88 Å². The second kappa shape index (κ2) is 3.20. The zero-order valence-corrected chi connectivity index (χ0v) is 3.76. The van der Waals surface area contributed by atoms with Gasteiger partial charge in [0.1, 0.15) is 0 Å². The zero-order chi connectivity index (χ0) is 3.41. The topological polar surface area (TPSA) is 20.2 Å². The van der Waals surface area contributed by atoms with Gasteiger partial charge in [0.2, 0.25) is 0 Å². The molecule has 0 saturated carbocycles. The quantitative estimate of drug-likeness (QED) is 0.379. The van der Waals surface area contributed by atoms with Gasteiger partial charge >= 0.3 is 31.1 Å². The molecule has 0 aliphatic heterocycles. The molecule has 4 heavy (non-hydrogen) atoms. The van der Waals surface area contributed by atoms with Gasteiger partial charge in [-0.15, -0.1) is 0 Å². The van der Waals surface area contributed by atoms with E-state index in [0.717, 1.165) is 0 Å². The van der Waals surface area contributed by atoms with Crippen molar-refractivity contribution in [1.82, 2.24) is 0 Å². The summed E-state index contributed by atoms with van der Waals surface area (Å²) in [6, 6.07) is 0. The average Bonchev–Trinajstić information content (AvgIpc) is 1.37. The SMILES string of the molecule is C[CH]=[Al][OH]. The van der Waals surface area contributed by atoms with E-state index in [1.165, 1.54) is 0 Å². The Labute approximate surface area is 31.9 Å². The number of rotatable bonds is 0. The van der Waals surface area contributed by atoms with Gasteiger partial charge in [-0.2, -0.15) is 0 Å². The van der Waals surface area contributed by atoms with Crippen LogP contribution in [0.5, 0.6) is 0 Å². The molecule has 1 N–H and O–H groups in total. The van der Waals surface area contributed by atoms with Crippen LogP contribution in [0.4, 0.5) is 0 Å². The Morgan fingerprint density at radius 2 is 2.25 bits per heavy atom. The molecule has 0 aromatic heterocycles. The molecule has 0 aromatic carbocycles. The van der Waals surface area contributed by atoms with E-state index in [0.29, 0.717) is 0 Å². The predicted octanol–water partition coefficient (Wildman–Crippen LogP) is -0.580. The Bertz CT molecular complexity index is 21.2. The van der Waals surface area contributed by atoms with Crippen molar-refractivity contribution in [1.29, 1.82) is 0 Å². The van der Waals surface area contributed by atoms with Crippen LogP contribution in [-0.4, -0.2) is 24.2 Å². The molecule has 0 rings (SSSR count). The number of hydrogen-bond acceptors (Lipinski definition) is 1. The first-order valence-electron chi connectivity index (χ1n) is 1.17. The van der Waals surface area contributed by atoms with Crippen LogP contribution >= 0.6 is 0 Å². The summed E-state index contributed by atoms with van der Waals surface area (Å²) in [4.78, 5) is 1.76. The third-order valence-electron chi connectivity index (χ3n) is 0.149. The van der Waals surface area contributed by atoms with Crippen molar-refractivity contribution < 1.29 is 4.16 Å². The summed E-state index contributed by atoms with van der Waals surface area (Å²) in [5.74, 6) is 0. The van der Waals surface area contributed by atoms with Crippen LogP contribution < -0.4 is 0 Å². The molecule has 0 bridgehead atoms. The van der Waals surface area contributed by atoms with Gasteiger partial charge in [0, 0.05) is 0 Å². The summed E-state index contributed by atoms with van der Waals surface area (Å²) in [5, 5.41) is 0. The number of hydrogen-bond donors (Lipinski definition) is 1. The normalized spacial score (nSPS) is 7.25. The minimum atomic E-state index is -0.343. The molecule has 0 saturated heterocycles. The third kappa shape index (κ3) is 2.20. The van der Waals surface area contributed by atoms with Gasteiger partial charge in [0.15, 0.2) is 0 Å². The van der Waals surface area contributed by atoms with Gasteiger partial charge < -0.3 is 0 Å². The van der Waals surface area contributed by atoms with Crippen molar-refractivity contribution in [2.24, 2.45) is 0 Å². The molecule has 0 aliphatic rings. The van der Waals surface area contributed by atoms with Crippen LogP contribution in [0.2, 0.25) is 0 Å². The summed E-state index contributed by atoms with van der Waals surface area (Å²) in [5.41, 5.74) is 0. The first-order valence-corrected chi connectivity index (χ1v) is 2.35. The first kappa shape index (κ1) is 4.20. The molecule has 0 heterocycles. The van der Waals surface area contributed by atoms with Gasteiger partial charge in [-0.3, -0.25) is 0 Å². The third-order valence-corrected chi connectivity index (χ3v) is 0.447. The van der Waals surface area contributed by atoms with Crippen LogP contribution in [0.1, 0.15) is 6.92 Å². The fraction of sp³-hybridized carbons (Fsp3) is 0.500. The summed E-state index contributed by atoms with van der Waals surface area (Å²) < 4.78 is 7.90. The fourth-order valence-electron chi connectivity index (χ4n) is 0. The maximum atomic E-state index is 7.90. The predicted molar refractivity (Wildman–Crippen MR) is 19.7 cm³/mol. The summed E-state index contributed by atoms with van der Waals surface area (Å²) >= 11 is -0.343. The summed E-state index contributed by atoms with van der Waals surface area (Å²) in [6.07, 6.45) is 0. The van der Waals surface area contributed by atoms with Crippen molar-refractivity contribution in [3.63, 3.8) is 0 Å². The van der Waals surface area contributed by atoms with E-state index in [2.05, 4.69) is 0 Å². The van der Waals surface area contributed by atoms with Crippen molar-refractivity contribution in [3.8, 4) is 0 Å². The molecule has 0 fully saturated rings. The summed E-state index contributed by atoms with van der Waals surface area (Å²) in [7, 11) is 0. The van der Waals surface area contributed by atoms with Gasteiger partial charge in [0.05, 0.1) is 0 Å². The van der Waals surface area contributed by atoms with Crippen LogP contribution in [-0.2, 0) is 0 Å². The van der Waals surface area contributed by atoms with E-state index in [1.807, 2.05) is 6.92 Å². The van der Waals surface area contributed by atoms with E-state index >= 15 is 0 Å². The molecule has 0 unspecified atom stereocenters. The van der Waals surface area contributed by atoms with E-state index in [-0.39, 0.29) is 15.1 Å². The molecule has 0 aromatic rings. The van der Waals surface area contributed by atoms with Crippen LogP contribution in [0.25, 0.3) is 0 Å². The Morgan fingerprint density at radius 3 is 2.25 bits per heavy atom. The van der Waals surface area contributed by atoms with Gasteiger partial charge in [0.25, 0.3) is 0 Å². The van der Waals surface area contributed by atoms with Crippen LogP contribution in [0.3, 0.4) is 0 Å². The molecule has 0 atom stereocenters. The van der Waals surface area contributed by atoms with Crippen molar-refractivity contribution in [3.05, 3.63) is 0 Å². The molecule has 0 spiro atoms. The van der Waals surface area contributed by atoms with Gasteiger partial charge in [-0.1, -0.05) is 0 Å².